The molecule has 2 N–H and O–H groups in total. The zero-order valence-electron chi connectivity index (χ0n) is 12.6. The monoisotopic (exact) mass is 263 g/mol. The number of nitrogens with one attached hydrogen (secondary N) is 1. The molecule has 2 nitrogen and oxygen atoms in total. The summed E-state index contributed by atoms with van der Waals surface area (Å²) in [4.78, 5) is 0. The molecule has 1 aromatic carbocycles. The molecule has 0 saturated carbocycles. The van der Waals surface area contributed by atoms with E-state index in [1.165, 1.54) is 18.4 Å². The second-order valence-corrected chi connectivity index (χ2v) is 5.59. The standard InChI is InChI=1S/C17H29NO/c1-4-14(3)11-16(5-2)18-17(13-19)12-15-9-7-6-8-10-15/h6-10,14,16-19H,4-5,11-13H2,1-3H3/t14?,16?,17-/m1/s1. The third-order valence-electron chi connectivity index (χ3n) is 3.89. The van der Waals surface area contributed by atoms with Crippen LogP contribution in [0, 0.1) is 5.92 Å². The molecule has 0 radical (unpaired) electrons. The molecule has 0 amide bonds. The van der Waals surface area contributed by atoms with Crippen LogP contribution in [0.2, 0.25) is 0 Å². The number of benzene rings is 1. The lowest BCUT2D eigenvalue weighted by atomic mass is 9.96. The van der Waals surface area contributed by atoms with Gasteiger partial charge in [0, 0.05) is 12.1 Å². The molecule has 108 valence electrons. The normalized spacial score (nSPS) is 16.0. The van der Waals surface area contributed by atoms with E-state index in [4.69, 9.17) is 0 Å². The van der Waals surface area contributed by atoms with E-state index in [-0.39, 0.29) is 12.6 Å². The summed E-state index contributed by atoms with van der Waals surface area (Å²) in [6.07, 6.45) is 4.43. The molecule has 0 bridgehead atoms. The van der Waals surface area contributed by atoms with E-state index in [0.717, 1.165) is 18.8 Å². The Bertz CT molecular complexity index is 325. The molecule has 0 aliphatic carbocycles. The van der Waals surface area contributed by atoms with Crippen LogP contribution in [0.5, 0.6) is 0 Å². The van der Waals surface area contributed by atoms with Gasteiger partial charge in [0.1, 0.15) is 0 Å². The lowest BCUT2D eigenvalue weighted by Gasteiger charge is -2.26. The van der Waals surface area contributed by atoms with Crippen molar-refractivity contribution in [3.63, 3.8) is 0 Å². The number of aliphatic hydroxyl groups is 1. The van der Waals surface area contributed by atoms with Crippen LogP contribution in [-0.2, 0) is 6.42 Å². The van der Waals surface area contributed by atoms with E-state index < -0.39 is 0 Å². The molecule has 0 saturated heterocycles. The fraction of sp³-hybridized carbons (Fsp3) is 0.647. The van der Waals surface area contributed by atoms with Gasteiger partial charge in [0.2, 0.25) is 0 Å². The van der Waals surface area contributed by atoms with E-state index >= 15 is 0 Å². The van der Waals surface area contributed by atoms with Crippen molar-refractivity contribution in [1.29, 1.82) is 0 Å². The first kappa shape index (κ1) is 16.2. The summed E-state index contributed by atoms with van der Waals surface area (Å²) in [7, 11) is 0. The SMILES string of the molecule is CCC(C)CC(CC)N[C@@H](CO)Cc1ccccc1. The Morgan fingerprint density at radius 1 is 1.05 bits per heavy atom. The first-order chi connectivity index (χ1) is 9.19. The summed E-state index contributed by atoms with van der Waals surface area (Å²) >= 11 is 0. The predicted octanol–water partition coefficient (Wildman–Crippen LogP) is 3.39. The molecule has 1 rings (SSSR count). The van der Waals surface area contributed by atoms with Gasteiger partial charge in [-0.1, -0.05) is 57.5 Å². The summed E-state index contributed by atoms with van der Waals surface area (Å²) in [5.41, 5.74) is 1.28. The molecule has 0 aliphatic heterocycles. The maximum Gasteiger partial charge on any atom is 0.0587 e. The van der Waals surface area contributed by atoms with Crippen molar-refractivity contribution in [3.05, 3.63) is 35.9 Å². The number of hydrogen-bond acceptors (Lipinski definition) is 2. The molecule has 3 atom stereocenters. The van der Waals surface area contributed by atoms with Gasteiger partial charge in [0.05, 0.1) is 6.61 Å². The Labute approximate surface area is 118 Å². The molecule has 2 heteroatoms. The lowest BCUT2D eigenvalue weighted by molar-refractivity contribution is 0.220. The molecule has 0 heterocycles. The van der Waals surface area contributed by atoms with Gasteiger partial charge < -0.3 is 10.4 Å². The second-order valence-electron chi connectivity index (χ2n) is 5.59. The molecule has 0 fully saturated rings. The molecule has 0 aromatic heterocycles. The molecule has 2 unspecified atom stereocenters. The minimum Gasteiger partial charge on any atom is -0.395 e. The van der Waals surface area contributed by atoms with Crippen LogP contribution < -0.4 is 5.32 Å². The smallest absolute Gasteiger partial charge is 0.0587 e. The van der Waals surface area contributed by atoms with Crippen LogP contribution in [0.4, 0.5) is 0 Å². The Morgan fingerprint density at radius 3 is 2.26 bits per heavy atom. The fourth-order valence-electron chi connectivity index (χ4n) is 2.41. The molecular formula is C17H29NO. The van der Waals surface area contributed by atoms with Gasteiger partial charge in [-0.2, -0.15) is 0 Å². The third kappa shape index (κ3) is 6.22. The van der Waals surface area contributed by atoms with Crippen molar-refractivity contribution in [2.75, 3.05) is 6.61 Å². The minimum atomic E-state index is 0.163. The van der Waals surface area contributed by atoms with Crippen LogP contribution >= 0.6 is 0 Å². The Hall–Kier alpha value is -0.860. The summed E-state index contributed by atoms with van der Waals surface area (Å²) in [6, 6.07) is 11.1. The van der Waals surface area contributed by atoms with Gasteiger partial charge in [-0.05, 0) is 30.7 Å². The topological polar surface area (TPSA) is 32.3 Å². The second kappa shape index (κ2) is 9.11. The van der Waals surface area contributed by atoms with E-state index in [9.17, 15) is 5.11 Å². The van der Waals surface area contributed by atoms with Crippen molar-refractivity contribution in [3.8, 4) is 0 Å². The highest BCUT2D eigenvalue weighted by Gasteiger charge is 2.15. The average molecular weight is 263 g/mol. The highest BCUT2D eigenvalue weighted by molar-refractivity contribution is 5.15. The van der Waals surface area contributed by atoms with Crippen molar-refractivity contribution in [2.45, 2.75) is 58.5 Å². The maximum atomic E-state index is 9.56. The Kier molecular flexibility index (Phi) is 7.76. The summed E-state index contributed by atoms with van der Waals surface area (Å²) in [5, 5.41) is 13.2. The first-order valence-corrected chi connectivity index (χ1v) is 7.60. The van der Waals surface area contributed by atoms with Gasteiger partial charge >= 0.3 is 0 Å². The molecule has 0 spiro atoms. The van der Waals surface area contributed by atoms with Crippen molar-refractivity contribution >= 4 is 0 Å². The Morgan fingerprint density at radius 2 is 1.74 bits per heavy atom. The molecule has 19 heavy (non-hydrogen) atoms. The largest absolute Gasteiger partial charge is 0.395 e. The zero-order chi connectivity index (χ0) is 14.1. The summed E-state index contributed by atoms with van der Waals surface area (Å²) in [5.74, 6) is 0.744. The predicted molar refractivity (Wildman–Crippen MR) is 82.3 cm³/mol. The van der Waals surface area contributed by atoms with Gasteiger partial charge in [0.15, 0.2) is 0 Å². The van der Waals surface area contributed by atoms with Crippen molar-refractivity contribution in [1.82, 2.24) is 5.32 Å². The van der Waals surface area contributed by atoms with Crippen LogP contribution in [0.25, 0.3) is 0 Å². The van der Waals surface area contributed by atoms with E-state index in [0.29, 0.717) is 6.04 Å². The molecule has 0 aliphatic rings. The highest BCUT2D eigenvalue weighted by atomic mass is 16.3. The van der Waals surface area contributed by atoms with Crippen LogP contribution in [-0.4, -0.2) is 23.8 Å². The van der Waals surface area contributed by atoms with E-state index in [1.807, 2.05) is 6.07 Å². The number of aliphatic hydroxyl groups excluding tert-OH is 1. The van der Waals surface area contributed by atoms with E-state index in [2.05, 4.69) is 50.4 Å². The highest BCUT2D eigenvalue weighted by Crippen LogP contribution is 2.13. The van der Waals surface area contributed by atoms with Crippen LogP contribution in [0.1, 0.15) is 45.6 Å². The third-order valence-corrected chi connectivity index (χ3v) is 3.89. The lowest BCUT2D eigenvalue weighted by Crippen LogP contribution is -2.42. The first-order valence-electron chi connectivity index (χ1n) is 7.60. The van der Waals surface area contributed by atoms with E-state index in [1.54, 1.807) is 0 Å². The van der Waals surface area contributed by atoms with Gasteiger partial charge in [-0.15, -0.1) is 0 Å². The number of hydrogen-bond donors (Lipinski definition) is 2. The Balaban J connectivity index is 2.50. The zero-order valence-corrected chi connectivity index (χ0v) is 12.6. The van der Waals surface area contributed by atoms with Gasteiger partial charge in [-0.3, -0.25) is 0 Å². The number of rotatable bonds is 9. The summed E-state index contributed by atoms with van der Waals surface area (Å²) in [6.45, 7) is 6.96. The molecular weight excluding hydrogens is 234 g/mol. The van der Waals surface area contributed by atoms with Crippen LogP contribution in [0.15, 0.2) is 30.3 Å². The summed E-state index contributed by atoms with van der Waals surface area (Å²) < 4.78 is 0. The fourth-order valence-corrected chi connectivity index (χ4v) is 2.41. The quantitative estimate of drug-likeness (QED) is 0.716. The average Bonchev–Trinajstić information content (AvgIpc) is 2.46. The van der Waals surface area contributed by atoms with Crippen molar-refractivity contribution in [2.24, 2.45) is 5.92 Å². The van der Waals surface area contributed by atoms with Gasteiger partial charge in [-0.25, -0.2) is 0 Å². The van der Waals surface area contributed by atoms with Crippen molar-refractivity contribution < 1.29 is 5.11 Å². The van der Waals surface area contributed by atoms with Crippen LogP contribution in [0.3, 0.4) is 0 Å². The molecule has 1 aromatic rings. The minimum absolute atomic E-state index is 0.163. The maximum absolute atomic E-state index is 9.56. The van der Waals surface area contributed by atoms with Gasteiger partial charge in [0.25, 0.3) is 0 Å².